The lowest BCUT2D eigenvalue weighted by atomic mass is 9.80. The molecular weight excluding hydrogens is 440 g/mol. The number of esters is 1. The average Bonchev–Trinajstić information content (AvgIpc) is 3.36. The topological polar surface area (TPSA) is 138 Å². The maximum atomic E-state index is 12.6. The molecule has 0 spiro atoms. The van der Waals surface area contributed by atoms with Crippen molar-refractivity contribution in [2.45, 2.75) is 63.9 Å². The number of carboxylic acid groups (broad SMARTS) is 2. The van der Waals surface area contributed by atoms with Crippen LogP contribution in [0.25, 0.3) is 0 Å². The van der Waals surface area contributed by atoms with Crippen molar-refractivity contribution in [1.82, 2.24) is 10.3 Å². The fourth-order valence-corrected chi connectivity index (χ4v) is 4.57. The number of aromatic nitrogens is 1. The predicted octanol–water partition coefficient (Wildman–Crippen LogP) is 2.72. The quantitative estimate of drug-likeness (QED) is 0.247. The fourth-order valence-electron chi connectivity index (χ4n) is 4.57. The Morgan fingerprint density at radius 1 is 1.26 bits per heavy atom. The largest absolute Gasteiger partial charge is 0.478 e. The van der Waals surface area contributed by atoms with E-state index in [1.54, 1.807) is 6.20 Å². The molecule has 3 heterocycles. The molecule has 0 amide bonds. The summed E-state index contributed by atoms with van der Waals surface area (Å²) in [6.45, 7) is 5.64. The Kier molecular flexibility index (Phi) is 8.57. The molecule has 0 radical (unpaired) electrons. The van der Waals surface area contributed by atoms with E-state index < -0.39 is 11.9 Å². The van der Waals surface area contributed by atoms with Crippen molar-refractivity contribution in [1.29, 1.82) is 0 Å². The number of pyridine rings is 1. The van der Waals surface area contributed by atoms with E-state index in [1.165, 1.54) is 5.57 Å². The summed E-state index contributed by atoms with van der Waals surface area (Å²) >= 11 is 0. The molecule has 9 nitrogen and oxygen atoms in total. The Hall–Kier alpha value is -3.04. The first-order chi connectivity index (χ1) is 16.2. The van der Waals surface area contributed by atoms with Gasteiger partial charge < -0.3 is 25.0 Å². The number of allylic oxidation sites excluding steroid dienone is 2. The lowest BCUT2D eigenvalue weighted by molar-refractivity contribution is -0.145. The van der Waals surface area contributed by atoms with Crippen molar-refractivity contribution in [2.75, 3.05) is 6.54 Å². The molecule has 2 saturated heterocycles. The highest BCUT2D eigenvalue weighted by Gasteiger charge is 2.62. The van der Waals surface area contributed by atoms with E-state index in [1.807, 2.05) is 18.2 Å². The number of aliphatic carboxylic acids is 2. The van der Waals surface area contributed by atoms with Gasteiger partial charge >= 0.3 is 17.9 Å². The first-order valence-electron chi connectivity index (χ1n) is 11.5. The van der Waals surface area contributed by atoms with Gasteiger partial charge in [-0.2, -0.15) is 0 Å². The van der Waals surface area contributed by atoms with Gasteiger partial charge in [-0.15, -0.1) is 0 Å². The van der Waals surface area contributed by atoms with Crippen LogP contribution in [-0.2, 0) is 30.4 Å². The Labute approximate surface area is 198 Å². The third-order valence-electron chi connectivity index (χ3n) is 6.50. The van der Waals surface area contributed by atoms with Gasteiger partial charge in [0.05, 0.1) is 17.2 Å². The zero-order chi connectivity index (χ0) is 24.7. The van der Waals surface area contributed by atoms with Crippen LogP contribution in [0, 0.1) is 11.8 Å². The summed E-state index contributed by atoms with van der Waals surface area (Å²) in [7, 11) is 0. The van der Waals surface area contributed by atoms with Crippen molar-refractivity contribution in [3.8, 4) is 0 Å². The number of carbonyl (C=O) groups excluding carboxylic acids is 1. The van der Waals surface area contributed by atoms with E-state index in [9.17, 15) is 14.4 Å². The summed E-state index contributed by atoms with van der Waals surface area (Å²) in [6, 6.07) is 5.88. The second-order valence-electron chi connectivity index (χ2n) is 9.11. The molecule has 0 bridgehead atoms. The molecule has 4 rings (SSSR count). The molecule has 0 unspecified atom stereocenters. The molecule has 0 aromatic carbocycles. The van der Waals surface area contributed by atoms with Crippen LogP contribution in [0.15, 0.2) is 48.2 Å². The predicted molar refractivity (Wildman–Crippen MR) is 123 cm³/mol. The molecule has 1 aromatic heterocycles. The maximum absolute atomic E-state index is 12.6. The summed E-state index contributed by atoms with van der Waals surface area (Å²) in [5, 5.41) is 19.0. The van der Waals surface area contributed by atoms with Gasteiger partial charge in [0.15, 0.2) is 0 Å². The first kappa shape index (κ1) is 25.6. The van der Waals surface area contributed by atoms with Crippen molar-refractivity contribution >= 4 is 17.9 Å². The van der Waals surface area contributed by atoms with Crippen LogP contribution in [0.5, 0.6) is 0 Å². The molecule has 1 aliphatic carbocycles. The first-order valence-corrected chi connectivity index (χ1v) is 11.5. The van der Waals surface area contributed by atoms with E-state index in [-0.39, 0.29) is 35.6 Å². The van der Waals surface area contributed by atoms with Crippen molar-refractivity contribution < 1.29 is 34.1 Å². The minimum absolute atomic E-state index is 0.0593. The summed E-state index contributed by atoms with van der Waals surface area (Å²) in [4.78, 5) is 36.0. The highest BCUT2D eigenvalue weighted by atomic mass is 16.6. The van der Waals surface area contributed by atoms with Crippen LogP contribution in [0.4, 0.5) is 0 Å². The Balaban J connectivity index is 0.000000350. The van der Waals surface area contributed by atoms with Crippen LogP contribution < -0.4 is 5.32 Å². The standard InChI is InChI=1S/C21H28N2O3.C4H4O4/c1-14-6-5-10-21(2)19(26-21)18-16(9-8-14)17(20(24)25-18)13-22-12-15-7-3-4-11-23-15;5-3(6)1-2-4(7)8/h3-4,6-7,11,16-19,22H,5,8-10,12-13H2,1-2H3;1-2H,(H,5,6)(H,7,8)/b14-6+;2-1+/t16-,17-,18+,19-,21+;/m0./s1. The number of ether oxygens (including phenoxy) is 2. The SMILES string of the molecule is C/C1=C\CC[C@@]2(C)O[C@H]2[C@@H]2OC(=O)[C@@H](CNCc3ccccn3)[C@@H]2CC1.O=C(O)/C=C/C(=O)O. The number of nitrogens with zero attached hydrogens (tertiary/aromatic N) is 1. The van der Waals surface area contributed by atoms with Gasteiger partial charge in [0.1, 0.15) is 12.2 Å². The van der Waals surface area contributed by atoms with Crippen molar-refractivity contribution in [3.63, 3.8) is 0 Å². The van der Waals surface area contributed by atoms with Crippen LogP contribution >= 0.6 is 0 Å². The Morgan fingerprint density at radius 3 is 2.65 bits per heavy atom. The van der Waals surface area contributed by atoms with E-state index >= 15 is 0 Å². The van der Waals surface area contributed by atoms with Gasteiger partial charge in [-0.25, -0.2) is 9.59 Å². The molecule has 184 valence electrons. The monoisotopic (exact) mass is 472 g/mol. The summed E-state index contributed by atoms with van der Waals surface area (Å²) in [5.74, 6) is -2.48. The van der Waals surface area contributed by atoms with Crippen LogP contribution in [0.1, 0.15) is 45.2 Å². The molecule has 2 fully saturated rings. The summed E-state index contributed by atoms with van der Waals surface area (Å²) < 4.78 is 11.8. The second-order valence-corrected chi connectivity index (χ2v) is 9.11. The average molecular weight is 473 g/mol. The number of hydrogen-bond donors (Lipinski definition) is 3. The zero-order valence-corrected chi connectivity index (χ0v) is 19.5. The van der Waals surface area contributed by atoms with Gasteiger partial charge in [-0.3, -0.25) is 9.78 Å². The molecule has 3 N–H and O–H groups in total. The van der Waals surface area contributed by atoms with Gasteiger partial charge in [-0.05, 0) is 51.7 Å². The van der Waals surface area contributed by atoms with Gasteiger partial charge in [-0.1, -0.05) is 17.7 Å². The lowest BCUT2D eigenvalue weighted by Crippen LogP contribution is -2.34. The van der Waals surface area contributed by atoms with Crippen LogP contribution in [0.2, 0.25) is 0 Å². The van der Waals surface area contributed by atoms with Crippen LogP contribution in [0.3, 0.4) is 0 Å². The van der Waals surface area contributed by atoms with E-state index in [0.717, 1.165) is 31.4 Å². The third-order valence-corrected chi connectivity index (χ3v) is 6.50. The molecule has 9 heteroatoms. The van der Waals surface area contributed by atoms with E-state index in [0.29, 0.717) is 25.2 Å². The van der Waals surface area contributed by atoms with Crippen molar-refractivity contribution in [3.05, 3.63) is 53.9 Å². The van der Waals surface area contributed by atoms with Crippen LogP contribution in [-0.4, -0.2) is 57.5 Å². The molecule has 0 saturated carbocycles. The number of rotatable bonds is 6. The summed E-state index contributed by atoms with van der Waals surface area (Å²) in [5.41, 5.74) is 2.26. The van der Waals surface area contributed by atoms with Gasteiger partial charge in [0, 0.05) is 37.4 Å². The van der Waals surface area contributed by atoms with Gasteiger partial charge in [0.2, 0.25) is 0 Å². The smallest absolute Gasteiger partial charge is 0.328 e. The number of carboxylic acids is 2. The van der Waals surface area contributed by atoms with E-state index in [4.69, 9.17) is 19.7 Å². The number of carbonyl (C=O) groups is 3. The van der Waals surface area contributed by atoms with Crippen molar-refractivity contribution in [2.24, 2.45) is 11.8 Å². The number of epoxide rings is 1. The number of hydrogen-bond acceptors (Lipinski definition) is 7. The number of nitrogens with one attached hydrogen (secondary N) is 1. The molecule has 5 atom stereocenters. The van der Waals surface area contributed by atoms with Gasteiger partial charge in [0.25, 0.3) is 0 Å². The molecule has 1 aromatic rings. The lowest BCUT2D eigenvalue weighted by Gasteiger charge is -2.22. The molecule has 3 aliphatic rings. The number of fused-ring (bicyclic) bond motifs is 3. The van der Waals surface area contributed by atoms with E-state index in [2.05, 4.69) is 30.2 Å². The minimum Gasteiger partial charge on any atom is -0.478 e. The Bertz CT molecular complexity index is 930. The molecule has 34 heavy (non-hydrogen) atoms. The Morgan fingerprint density at radius 2 is 2.00 bits per heavy atom. The zero-order valence-electron chi connectivity index (χ0n) is 19.5. The third kappa shape index (κ3) is 6.98. The normalized spacial score (nSPS) is 31.7. The summed E-state index contributed by atoms with van der Waals surface area (Å²) in [6.07, 6.45) is 9.24. The highest BCUT2D eigenvalue weighted by Crippen LogP contribution is 2.50. The minimum atomic E-state index is -1.26. The molecular formula is C25H32N2O7. The highest BCUT2D eigenvalue weighted by molar-refractivity contribution is 5.89. The maximum Gasteiger partial charge on any atom is 0.328 e. The molecule has 2 aliphatic heterocycles. The fraction of sp³-hybridized carbons (Fsp3) is 0.520. The second kappa shape index (κ2) is 11.4.